The van der Waals surface area contributed by atoms with Gasteiger partial charge in [0.15, 0.2) is 0 Å². The second-order valence-corrected chi connectivity index (χ2v) is 9.81. The Morgan fingerprint density at radius 2 is 1.79 bits per heavy atom. The van der Waals surface area contributed by atoms with Crippen molar-refractivity contribution in [3.63, 3.8) is 0 Å². The van der Waals surface area contributed by atoms with Crippen molar-refractivity contribution in [2.75, 3.05) is 37.9 Å². The Bertz CT molecular complexity index is 1130. The normalized spacial score (nSPS) is 11.9. The fourth-order valence-electron chi connectivity index (χ4n) is 3.30. The third-order valence-corrected chi connectivity index (χ3v) is 6.65. The number of anilines is 1. The fraction of sp³-hybridized carbons (Fsp3) is 0.391. The number of likely N-dealkylation sites (N-methyl/N-ethyl adjacent to an activating group) is 1. The molecule has 2 aromatic rings. The van der Waals surface area contributed by atoms with Gasteiger partial charge in [-0.3, -0.25) is 13.9 Å². The molecule has 186 valence electrons. The van der Waals surface area contributed by atoms with Gasteiger partial charge < -0.3 is 19.7 Å². The number of amides is 2. The number of hydrogen-bond acceptors (Lipinski definition) is 6. The van der Waals surface area contributed by atoms with E-state index in [-0.39, 0.29) is 23.9 Å². The highest BCUT2D eigenvalue weighted by Crippen LogP contribution is 2.34. The van der Waals surface area contributed by atoms with Gasteiger partial charge in [0, 0.05) is 24.2 Å². The highest BCUT2D eigenvalue weighted by Gasteiger charge is 2.31. The molecule has 2 rings (SSSR count). The van der Waals surface area contributed by atoms with Crippen LogP contribution in [0.3, 0.4) is 0 Å². The van der Waals surface area contributed by atoms with E-state index in [1.54, 1.807) is 50.2 Å². The molecule has 0 saturated carbocycles. The molecule has 2 amide bonds. The third kappa shape index (κ3) is 6.77. The number of carbonyl (C=O) groups is 2. The van der Waals surface area contributed by atoms with Crippen LogP contribution >= 0.6 is 11.6 Å². The summed E-state index contributed by atoms with van der Waals surface area (Å²) < 4.78 is 36.9. The molecule has 0 heterocycles. The number of nitrogens with one attached hydrogen (secondary N) is 1. The summed E-state index contributed by atoms with van der Waals surface area (Å²) in [5, 5.41) is 3.12. The quantitative estimate of drug-likeness (QED) is 0.497. The zero-order valence-corrected chi connectivity index (χ0v) is 21.4. The van der Waals surface area contributed by atoms with Crippen LogP contribution in [0.4, 0.5) is 5.69 Å². The van der Waals surface area contributed by atoms with E-state index in [0.29, 0.717) is 22.9 Å². The molecule has 34 heavy (non-hydrogen) atoms. The van der Waals surface area contributed by atoms with Gasteiger partial charge in [-0.25, -0.2) is 8.42 Å². The van der Waals surface area contributed by atoms with Gasteiger partial charge >= 0.3 is 0 Å². The maximum Gasteiger partial charge on any atom is 0.244 e. The van der Waals surface area contributed by atoms with Gasteiger partial charge in [0.25, 0.3) is 0 Å². The maximum atomic E-state index is 13.5. The summed E-state index contributed by atoms with van der Waals surface area (Å²) in [6, 6.07) is 10.7. The molecule has 0 fully saturated rings. The number of hydrogen-bond donors (Lipinski definition) is 1. The smallest absolute Gasteiger partial charge is 0.244 e. The minimum atomic E-state index is -3.92. The minimum Gasteiger partial charge on any atom is -0.497 e. The van der Waals surface area contributed by atoms with E-state index in [4.69, 9.17) is 21.1 Å². The summed E-state index contributed by atoms with van der Waals surface area (Å²) in [6.45, 7) is 3.19. The van der Waals surface area contributed by atoms with Crippen molar-refractivity contribution in [1.29, 1.82) is 0 Å². The molecule has 9 nitrogen and oxygen atoms in total. The summed E-state index contributed by atoms with van der Waals surface area (Å²) in [5.41, 5.74) is 0.764. The first kappa shape index (κ1) is 27.3. The molecular weight excluding hydrogens is 482 g/mol. The van der Waals surface area contributed by atoms with Crippen LogP contribution in [-0.2, 0) is 26.2 Å². The Balaban J connectivity index is 2.49. The number of nitrogens with zero attached hydrogens (tertiary/aromatic N) is 2. The zero-order chi connectivity index (χ0) is 25.5. The van der Waals surface area contributed by atoms with E-state index >= 15 is 0 Å². The van der Waals surface area contributed by atoms with E-state index < -0.39 is 28.5 Å². The highest BCUT2D eigenvalue weighted by atomic mass is 35.5. The van der Waals surface area contributed by atoms with Crippen LogP contribution in [0.25, 0.3) is 0 Å². The van der Waals surface area contributed by atoms with Gasteiger partial charge in [0.1, 0.15) is 24.1 Å². The van der Waals surface area contributed by atoms with Gasteiger partial charge in [0.2, 0.25) is 21.8 Å². The predicted molar refractivity (Wildman–Crippen MR) is 132 cm³/mol. The van der Waals surface area contributed by atoms with Crippen molar-refractivity contribution >= 4 is 39.1 Å². The van der Waals surface area contributed by atoms with Crippen LogP contribution in [0.5, 0.6) is 11.5 Å². The Hall–Kier alpha value is -2.98. The predicted octanol–water partition coefficient (Wildman–Crippen LogP) is 2.68. The number of halogens is 1. The SMILES string of the molecule is CCNC(=O)C(C)N(Cc1ccccc1Cl)C(=O)CN(c1cc(OC)ccc1OC)S(C)(=O)=O. The average Bonchev–Trinajstić information content (AvgIpc) is 2.80. The maximum absolute atomic E-state index is 13.5. The number of methoxy groups -OCH3 is 2. The summed E-state index contributed by atoms with van der Waals surface area (Å²) in [6.07, 6.45) is 0.991. The average molecular weight is 512 g/mol. The van der Waals surface area contributed by atoms with E-state index in [2.05, 4.69) is 5.32 Å². The van der Waals surface area contributed by atoms with Crippen molar-refractivity contribution < 1.29 is 27.5 Å². The van der Waals surface area contributed by atoms with Crippen LogP contribution in [0, 0.1) is 0 Å². The lowest BCUT2D eigenvalue weighted by Crippen LogP contribution is -2.51. The first-order valence-corrected chi connectivity index (χ1v) is 12.8. The minimum absolute atomic E-state index is 0.0175. The molecule has 0 aromatic heterocycles. The first-order chi connectivity index (χ1) is 16.0. The van der Waals surface area contributed by atoms with Gasteiger partial charge in [-0.05, 0) is 37.6 Å². The molecule has 1 N–H and O–H groups in total. The lowest BCUT2D eigenvalue weighted by Gasteiger charge is -2.32. The van der Waals surface area contributed by atoms with E-state index in [9.17, 15) is 18.0 Å². The molecule has 0 radical (unpaired) electrons. The molecule has 0 saturated heterocycles. The van der Waals surface area contributed by atoms with Crippen LogP contribution < -0.4 is 19.1 Å². The molecule has 1 unspecified atom stereocenters. The third-order valence-electron chi connectivity index (χ3n) is 5.15. The number of rotatable bonds is 11. The standard InChI is InChI=1S/C23H30ClN3O6S/c1-6-25-23(29)16(2)26(14-17-9-7-8-10-19(17)24)22(28)15-27(34(5,30)31)20-13-18(32-3)11-12-21(20)33-4/h7-13,16H,6,14-15H2,1-5H3,(H,25,29). The van der Waals surface area contributed by atoms with Crippen LogP contribution in [-0.4, -0.2) is 64.7 Å². The molecule has 0 aliphatic carbocycles. The summed E-state index contributed by atoms with van der Waals surface area (Å²) >= 11 is 6.29. The van der Waals surface area contributed by atoms with Crippen molar-refractivity contribution in [2.24, 2.45) is 0 Å². The molecule has 0 bridgehead atoms. The van der Waals surface area contributed by atoms with Gasteiger partial charge in [-0.15, -0.1) is 0 Å². The monoisotopic (exact) mass is 511 g/mol. The van der Waals surface area contributed by atoms with Crippen molar-refractivity contribution in [3.05, 3.63) is 53.1 Å². The van der Waals surface area contributed by atoms with E-state index in [0.717, 1.165) is 10.6 Å². The topological polar surface area (TPSA) is 105 Å². The summed E-state index contributed by atoms with van der Waals surface area (Å²) in [5.74, 6) is -0.323. The van der Waals surface area contributed by atoms with Crippen LogP contribution in [0.1, 0.15) is 19.4 Å². The largest absolute Gasteiger partial charge is 0.497 e. The van der Waals surface area contributed by atoms with Crippen LogP contribution in [0.15, 0.2) is 42.5 Å². The fourth-order valence-corrected chi connectivity index (χ4v) is 4.34. The molecule has 2 aromatic carbocycles. The van der Waals surface area contributed by atoms with Gasteiger partial charge in [-0.1, -0.05) is 29.8 Å². The lowest BCUT2D eigenvalue weighted by atomic mass is 10.1. The molecule has 1 atom stereocenters. The number of carbonyl (C=O) groups excluding carboxylic acids is 2. The highest BCUT2D eigenvalue weighted by molar-refractivity contribution is 7.92. The summed E-state index contributed by atoms with van der Waals surface area (Å²) in [4.78, 5) is 27.4. The van der Waals surface area contributed by atoms with E-state index in [1.165, 1.54) is 25.2 Å². The number of sulfonamides is 1. The zero-order valence-electron chi connectivity index (χ0n) is 19.9. The first-order valence-electron chi connectivity index (χ1n) is 10.5. The molecule has 0 aliphatic heterocycles. The van der Waals surface area contributed by atoms with Crippen LogP contribution in [0.2, 0.25) is 5.02 Å². The number of benzene rings is 2. The Kier molecular flexibility index (Phi) is 9.57. The lowest BCUT2D eigenvalue weighted by molar-refractivity contribution is -0.139. The molecule has 11 heteroatoms. The Morgan fingerprint density at radius 3 is 2.35 bits per heavy atom. The Labute approximate surface area is 205 Å². The van der Waals surface area contributed by atoms with Crippen molar-refractivity contribution in [1.82, 2.24) is 10.2 Å². The molecule has 0 aliphatic rings. The second kappa shape index (κ2) is 11.9. The van der Waals surface area contributed by atoms with Gasteiger partial charge in [0.05, 0.1) is 26.2 Å². The number of ether oxygens (including phenoxy) is 2. The van der Waals surface area contributed by atoms with Gasteiger partial charge in [-0.2, -0.15) is 0 Å². The Morgan fingerprint density at radius 1 is 1.12 bits per heavy atom. The van der Waals surface area contributed by atoms with Crippen molar-refractivity contribution in [2.45, 2.75) is 26.4 Å². The van der Waals surface area contributed by atoms with E-state index in [1.807, 2.05) is 0 Å². The second-order valence-electron chi connectivity index (χ2n) is 7.49. The summed E-state index contributed by atoms with van der Waals surface area (Å²) in [7, 11) is -1.08. The van der Waals surface area contributed by atoms with Crippen molar-refractivity contribution in [3.8, 4) is 11.5 Å². The molecular formula is C23H30ClN3O6S. The molecule has 0 spiro atoms.